The number of nitrogens with zero attached hydrogens (tertiary/aromatic N) is 4. The first-order valence-electron chi connectivity index (χ1n) is 10.6. The molecule has 0 bridgehead atoms. The average molecular weight is 455 g/mol. The second-order valence-electron chi connectivity index (χ2n) is 7.73. The Hall–Kier alpha value is -3.03. The van der Waals surface area contributed by atoms with Crippen molar-refractivity contribution in [3.63, 3.8) is 0 Å². The van der Waals surface area contributed by atoms with Crippen molar-refractivity contribution in [1.29, 1.82) is 0 Å². The van der Waals surface area contributed by atoms with E-state index in [1.54, 1.807) is 20.4 Å². The van der Waals surface area contributed by atoms with E-state index >= 15 is 0 Å². The van der Waals surface area contributed by atoms with E-state index in [1.807, 2.05) is 48.5 Å². The van der Waals surface area contributed by atoms with Crippen LogP contribution in [0.15, 0.2) is 59.5 Å². The molecule has 0 saturated carbocycles. The predicted molar refractivity (Wildman–Crippen MR) is 126 cm³/mol. The molecule has 0 radical (unpaired) electrons. The predicted octanol–water partition coefficient (Wildman–Crippen LogP) is 3.28. The summed E-state index contributed by atoms with van der Waals surface area (Å²) in [7, 11) is 3.34. The summed E-state index contributed by atoms with van der Waals surface area (Å²) < 4.78 is 12.3. The fraction of sp³-hybridized carbons (Fsp3) is 0.333. The van der Waals surface area contributed by atoms with Crippen LogP contribution in [0.4, 0.5) is 5.69 Å². The molecule has 0 amide bonds. The number of piperazine rings is 1. The van der Waals surface area contributed by atoms with E-state index in [2.05, 4.69) is 14.9 Å². The van der Waals surface area contributed by atoms with E-state index < -0.39 is 0 Å². The average Bonchev–Trinajstić information content (AvgIpc) is 2.83. The smallest absolute Gasteiger partial charge is 0.287 e. The molecule has 1 saturated heterocycles. The molecule has 1 aromatic heterocycles. The van der Waals surface area contributed by atoms with E-state index in [1.165, 1.54) is 4.68 Å². The van der Waals surface area contributed by atoms with E-state index in [4.69, 9.17) is 21.1 Å². The third-order valence-electron chi connectivity index (χ3n) is 5.74. The number of benzene rings is 2. The lowest BCUT2D eigenvalue weighted by atomic mass is 10.1. The third kappa shape index (κ3) is 4.89. The highest BCUT2D eigenvalue weighted by molar-refractivity contribution is 6.33. The Bertz CT molecular complexity index is 1110. The van der Waals surface area contributed by atoms with Gasteiger partial charge in [-0.05, 0) is 23.8 Å². The Morgan fingerprint density at radius 2 is 1.72 bits per heavy atom. The van der Waals surface area contributed by atoms with Crippen molar-refractivity contribution in [3.8, 4) is 11.5 Å². The fourth-order valence-electron chi connectivity index (χ4n) is 3.94. The van der Waals surface area contributed by atoms with E-state index in [0.29, 0.717) is 12.2 Å². The van der Waals surface area contributed by atoms with Crippen LogP contribution in [0, 0.1) is 0 Å². The lowest BCUT2D eigenvalue weighted by molar-refractivity contribution is 0.245. The Labute approximate surface area is 192 Å². The van der Waals surface area contributed by atoms with E-state index in [9.17, 15) is 4.79 Å². The molecule has 0 atom stereocenters. The van der Waals surface area contributed by atoms with Crippen LogP contribution in [0.25, 0.3) is 0 Å². The van der Waals surface area contributed by atoms with Crippen molar-refractivity contribution in [2.75, 3.05) is 45.3 Å². The van der Waals surface area contributed by atoms with Gasteiger partial charge in [0.15, 0.2) is 0 Å². The molecule has 3 aromatic rings. The molecule has 0 N–H and O–H groups in total. The maximum absolute atomic E-state index is 12.8. The van der Waals surface area contributed by atoms with Gasteiger partial charge in [0, 0.05) is 38.3 Å². The van der Waals surface area contributed by atoms with Crippen LogP contribution in [0.2, 0.25) is 5.02 Å². The van der Waals surface area contributed by atoms with Crippen LogP contribution in [-0.2, 0) is 13.1 Å². The van der Waals surface area contributed by atoms with Crippen molar-refractivity contribution in [1.82, 2.24) is 14.7 Å². The summed E-state index contributed by atoms with van der Waals surface area (Å²) in [6, 6.07) is 15.6. The number of methoxy groups -OCH3 is 2. The van der Waals surface area contributed by atoms with Gasteiger partial charge in [0.25, 0.3) is 5.56 Å². The number of rotatable bonds is 7. The Morgan fingerprint density at radius 3 is 2.41 bits per heavy atom. The highest BCUT2D eigenvalue weighted by Gasteiger charge is 2.22. The maximum atomic E-state index is 12.8. The molecule has 168 valence electrons. The summed E-state index contributed by atoms with van der Waals surface area (Å²) in [5.74, 6) is 1.66. The topological polar surface area (TPSA) is 59.8 Å². The fourth-order valence-corrected chi connectivity index (χ4v) is 4.20. The Kier molecular flexibility index (Phi) is 6.97. The SMILES string of the molecule is COc1ccc(OC)c(CN2CCN(c3cnn(Cc4ccccc4)c(=O)c3Cl)CC2)c1. The summed E-state index contributed by atoms with van der Waals surface area (Å²) in [6.45, 7) is 4.36. The van der Waals surface area contributed by atoms with Gasteiger partial charge in [-0.2, -0.15) is 5.10 Å². The van der Waals surface area contributed by atoms with Crippen molar-refractivity contribution in [2.45, 2.75) is 13.1 Å². The molecule has 0 unspecified atom stereocenters. The number of halogens is 1. The van der Waals surface area contributed by atoms with Gasteiger partial charge in [-0.15, -0.1) is 0 Å². The second kappa shape index (κ2) is 10.1. The van der Waals surface area contributed by atoms with E-state index in [-0.39, 0.29) is 10.6 Å². The number of anilines is 1. The normalized spacial score (nSPS) is 14.4. The van der Waals surface area contributed by atoms with Gasteiger partial charge in [-0.3, -0.25) is 9.69 Å². The summed E-state index contributed by atoms with van der Waals surface area (Å²) in [6.07, 6.45) is 1.70. The summed E-state index contributed by atoms with van der Waals surface area (Å²) in [4.78, 5) is 17.3. The summed E-state index contributed by atoms with van der Waals surface area (Å²) >= 11 is 6.48. The third-order valence-corrected chi connectivity index (χ3v) is 6.09. The van der Waals surface area contributed by atoms with E-state index in [0.717, 1.165) is 55.3 Å². The maximum Gasteiger partial charge on any atom is 0.287 e. The van der Waals surface area contributed by atoms with Gasteiger partial charge < -0.3 is 14.4 Å². The molecule has 2 heterocycles. The zero-order valence-electron chi connectivity index (χ0n) is 18.3. The first-order valence-corrected chi connectivity index (χ1v) is 10.9. The van der Waals surface area contributed by atoms with Crippen molar-refractivity contribution >= 4 is 17.3 Å². The standard InChI is InChI=1S/C24H27ClN4O3/c1-31-20-8-9-22(32-2)19(14-20)17-27-10-12-28(13-11-27)21-15-26-29(24(30)23(21)25)16-18-6-4-3-5-7-18/h3-9,14-15H,10-13,16-17H2,1-2H3. The van der Waals surface area contributed by atoms with Crippen LogP contribution in [-0.4, -0.2) is 55.1 Å². The summed E-state index contributed by atoms with van der Waals surface area (Å²) in [5, 5.41) is 4.59. The highest BCUT2D eigenvalue weighted by atomic mass is 35.5. The molecule has 1 aliphatic rings. The molecular weight excluding hydrogens is 428 g/mol. The molecule has 0 spiro atoms. The van der Waals surface area contributed by atoms with Gasteiger partial charge >= 0.3 is 0 Å². The number of ether oxygens (including phenoxy) is 2. The van der Waals surface area contributed by atoms with Gasteiger partial charge in [-0.1, -0.05) is 41.9 Å². The lowest BCUT2D eigenvalue weighted by Crippen LogP contribution is -2.46. The van der Waals surface area contributed by atoms with Crippen molar-refractivity contribution < 1.29 is 9.47 Å². The quantitative estimate of drug-likeness (QED) is 0.546. The minimum Gasteiger partial charge on any atom is -0.497 e. The second-order valence-corrected chi connectivity index (χ2v) is 8.11. The monoisotopic (exact) mass is 454 g/mol. The van der Waals surface area contributed by atoms with Gasteiger partial charge in [0.1, 0.15) is 16.5 Å². The molecule has 2 aromatic carbocycles. The number of aromatic nitrogens is 2. The molecule has 7 nitrogen and oxygen atoms in total. The van der Waals surface area contributed by atoms with Gasteiger partial charge in [0.05, 0.1) is 32.6 Å². The molecule has 1 aliphatic heterocycles. The number of hydrogen-bond donors (Lipinski definition) is 0. The molecule has 8 heteroatoms. The van der Waals surface area contributed by atoms with Crippen LogP contribution in [0.3, 0.4) is 0 Å². The lowest BCUT2D eigenvalue weighted by Gasteiger charge is -2.36. The molecule has 32 heavy (non-hydrogen) atoms. The van der Waals surface area contributed by atoms with Crippen LogP contribution in [0.1, 0.15) is 11.1 Å². The molecule has 1 fully saturated rings. The molecule has 0 aliphatic carbocycles. The minimum atomic E-state index is -0.267. The van der Waals surface area contributed by atoms with Crippen molar-refractivity contribution in [3.05, 3.63) is 81.2 Å². The van der Waals surface area contributed by atoms with Crippen LogP contribution in [0.5, 0.6) is 11.5 Å². The van der Waals surface area contributed by atoms with Crippen LogP contribution >= 0.6 is 11.6 Å². The van der Waals surface area contributed by atoms with Crippen LogP contribution < -0.4 is 19.9 Å². The zero-order valence-corrected chi connectivity index (χ0v) is 19.1. The molecule has 4 rings (SSSR count). The first kappa shape index (κ1) is 22.2. The Morgan fingerprint density at radius 1 is 0.969 bits per heavy atom. The van der Waals surface area contributed by atoms with Crippen molar-refractivity contribution in [2.24, 2.45) is 0 Å². The molecular formula is C24H27ClN4O3. The Balaban J connectivity index is 1.42. The highest BCUT2D eigenvalue weighted by Crippen LogP contribution is 2.27. The summed E-state index contributed by atoms with van der Waals surface area (Å²) in [5.41, 5.74) is 2.52. The largest absolute Gasteiger partial charge is 0.497 e. The number of hydrogen-bond acceptors (Lipinski definition) is 6. The van der Waals surface area contributed by atoms with Gasteiger partial charge in [-0.25, -0.2) is 4.68 Å². The zero-order chi connectivity index (χ0) is 22.5. The van der Waals surface area contributed by atoms with Gasteiger partial charge in [0.2, 0.25) is 0 Å². The first-order chi connectivity index (χ1) is 15.6. The minimum absolute atomic E-state index is 0.221.